The number of carbonyl (C=O) groups is 1. The Balaban J connectivity index is 2.15. The van der Waals surface area contributed by atoms with Crippen LogP contribution in [0.5, 0.6) is 11.5 Å². The number of ether oxygens (including phenoxy) is 3. The minimum Gasteiger partial charge on any atom is -0.497 e. The van der Waals surface area contributed by atoms with Crippen LogP contribution in [0.25, 0.3) is 0 Å². The predicted molar refractivity (Wildman–Crippen MR) is 93.5 cm³/mol. The standard InChI is InChI=1S/C18H23N3O4/c1-12-10-21(11-13(2)25-12)18(22)14(8-19)9-20-16-6-5-15(23-3)7-17(16)24-4/h5-7,9,12-13,20H,10-11H2,1-4H3/b14-9-. The molecule has 1 heterocycles. The highest BCUT2D eigenvalue weighted by molar-refractivity contribution is 5.97. The van der Waals surface area contributed by atoms with E-state index in [1.165, 1.54) is 13.3 Å². The molecule has 7 heteroatoms. The number of anilines is 1. The number of morpholine rings is 1. The van der Waals surface area contributed by atoms with Crippen molar-refractivity contribution in [1.82, 2.24) is 4.90 Å². The lowest BCUT2D eigenvalue weighted by molar-refractivity contribution is -0.138. The summed E-state index contributed by atoms with van der Waals surface area (Å²) < 4.78 is 16.1. The van der Waals surface area contributed by atoms with Crippen molar-refractivity contribution in [2.24, 2.45) is 0 Å². The summed E-state index contributed by atoms with van der Waals surface area (Å²) in [6.07, 6.45) is 1.29. The molecule has 1 N–H and O–H groups in total. The van der Waals surface area contributed by atoms with Gasteiger partial charge >= 0.3 is 0 Å². The smallest absolute Gasteiger partial charge is 0.266 e. The summed E-state index contributed by atoms with van der Waals surface area (Å²) in [5, 5.41) is 12.3. The highest BCUT2D eigenvalue weighted by atomic mass is 16.5. The van der Waals surface area contributed by atoms with Crippen LogP contribution >= 0.6 is 0 Å². The Kier molecular flexibility index (Phi) is 6.25. The van der Waals surface area contributed by atoms with Crippen molar-refractivity contribution in [3.05, 3.63) is 30.0 Å². The molecule has 0 aliphatic carbocycles. The predicted octanol–water partition coefficient (Wildman–Crippen LogP) is 2.16. The monoisotopic (exact) mass is 345 g/mol. The number of hydrogen-bond donors (Lipinski definition) is 1. The van der Waals surface area contributed by atoms with E-state index in [0.29, 0.717) is 30.3 Å². The van der Waals surface area contributed by atoms with E-state index < -0.39 is 0 Å². The molecule has 1 fully saturated rings. The number of amides is 1. The Morgan fingerprint density at radius 3 is 2.56 bits per heavy atom. The van der Waals surface area contributed by atoms with Crippen molar-refractivity contribution in [2.75, 3.05) is 32.6 Å². The van der Waals surface area contributed by atoms with Gasteiger partial charge in [0.1, 0.15) is 23.1 Å². The summed E-state index contributed by atoms with van der Waals surface area (Å²) in [5.41, 5.74) is 0.659. The summed E-state index contributed by atoms with van der Waals surface area (Å²) in [6.45, 7) is 4.75. The molecule has 0 bridgehead atoms. The first-order chi connectivity index (χ1) is 12.0. The molecule has 1 saturated heterocycles. The summed E-state index contributed by atoms with van der Waals surface area (Å²) >= 11 is 0. The lowest BCUT2D eigenvalue weighted by atomic mass is 10.2. The van der Waals surface area contributed by atoms with Gasteiger partial charge in [0.15, 0.2) is 0 Å². The normalized spacial score (nSPS) is 20.6. The minimum atomic E-state index is -0.315. The fourth-order valence-electron chi connectivity index (χ4n) is 2.72. The zero-order valence-electron chi connectivity index (χ0n) is 14.9. The first kappa shape index (κ1) is 18.6. The lowest BCUT2D eigenvalue weighted by Crippen LogP contribution is -2.48. The van der Waals surface area contributed by atoms with Crippen LogP contribution in [0, 0.1) is 11.3 Å². The van der Waals surface area contributed by atoms with Crippen molar-refractivity contribution in [3.8, 4) is 17.6 Å². The number of nitrogens with one attached hydrogen (secondary N) is 1. The fourth-order valence-corrected chi connectivity index (χ4v) is 2.72. The largest absolute Gasteiger partial charge is 0.497 e. The van der Waals surface area contributed by atoms with Gasteiger partial charge in [-0.2, -0.15) is 5.26 Å². The van der Waals surface area contributed by atoms with Gasteiger partial charge in [-0.25, -0.2) is 0 Å². The van der Waals surface area contributed by atoms with E-state index in [2.05, 4.69) is 5.32 Å². The van der Waals surface area contributed by atoms with E-state index in [1.807, 2.05) is 19.9 Å². The van der Waals surface area contributed by atoms with E-state index in [0.717, 1.165) is 0 Å². The van der Waals surface area contributed by atoms with E-state index in [9.17, 15) is 10.1 Å². The molecule has 0 saturated carbocycles. The second-order valence-corrected chi connectivity index (χ2v) is 5.85. The van der Waals surface area contributed by atoms with Crippen LogP contribution in [0.2, 0.25) is 0 Å². The summed E-state index contributed by atoms with van der Waals surface area (Å²) in [7, 11) is 3.11. The van der Waals surface area contributed by atoms with Crippen LogP contribution in [-0.2, 0) is 9.53 Å². The van der Waals surface area contributed by atoms with Crippen molar-refractivity contribution >= 4 is 11.6 Å². The second kappa shape index (κ2) is 8.40. The zero-order chi connectivity index (χ0) is 18.4. The summed E-state index contributed by atoms with van der Waals surface area (Å²) in [4.78, 5) is 14.2. The van der Waals surface area contributed by atoms with Crippen LogP contribution in [0.4, 0.5) is 5.69 Å². The maximum Gasteiger partial charge on any atom is 0.266 e. The molecule has 1 aromatic rings. The minimum absolute atomic E-state index is 0.0270. The van der Waals surface area contributed by atoms with Crippen molar-refractivity contribution in [2.45, 2.75) is 26.1 Å². The molecule has 0 aromatic heterocycles. The molecule has 1 aromatic carbocycles. The molecule has 1 aliphatic heterocycles. The number of carbonyl (C=O) groups excluding carboxylic acids is 1. The van der Waals surface area contributed by atoms with Crippen LogP contribution in [0.15, 0.2) is 30.0 Å². The van der Waals surface area contributed by atoms with Crippen LogP contribution in [-0.4, -0.2) is 50.3 Å². The first-order valence-corrected chi connectivity index (χ1v) is 8.02. The van der Waals surface area contributed by atoms with Crippen LogP contribution in [0.3, 0.4) is 0 Å². The third-order valence-corrected chi connectivity index (χ3v) is 3.84. The summed E-state index contributed by atoms with van der Waals surface area (Å²) in [5.74, 6) is 0.887. The lowest BCUT2D eigenvalue weighted by Gasteiger charge is -2.35. The highest BCUT2D eigenvalue weighted by Gasteiger charge is 2.27. The van der Waals surface area contributed by atoms with Gasteiger partial charge in [-0.3, -0.25) is 4.79 Å². The molecule has 134 valence electrons. The Labute approximate surface area is 147 Å². The average Bonchev–Trinajstić information content (AvgIpc) is 2.61. The average molecular weight is 345 g/mol. The van der Waals surface area contributed by atoms with Gasteiger partial charge < -0.3 is 24.4 Å². The van der Waals surface area contributed by atoms with Gasteiger partial charge in [0, 0.05) is 25.4 Å². The Bertz CT molecular complexity index is 686. The first-order valence-electron chi connectivity index (χ1n) is 8.02. The molecule has 2 unspecified atom stereocenters. The molecule has 2 atom stereocenters. The van der Waals surface area contributed by atoms with E-state index >= 15 is 0 Å². The van der Waals surface area contributed by atoms with E-state index in [4.69, 9.17) is 14.2 Å². The molecular weight excluding hydrogens is 322 g/mol. The highest BCUT2D eigenvalue weighted by Crippen LogP contribution is 2.29. The molecule has 1 amide bonds. The fraction of sp³-hybridized carbons (Fsp3) is 0.444. The topological polar surface area (TPSA) is 83.8 Å². The number of hydrogen-bond acceptors (Lipinski definition) is 6. The maximum absolute atomic E-state index is 12.6. The van der Waals surface area contributed by atoms with E-state index in [1.54, 1.807) is 30.2 Å². The van der Waals surface area contributed by atoms with Crippen molar-refractivity contribution < 1.29 is 19.0 Å². The molecule has 1 aliphatic rings. The Hall–Kier alpha value is -2.72. The van der Waals surface area contributed by atoms with Crippen molar-refractivity contribution in [1.29, 1.82) is 5.26 Å². The molecule has 0 spiro atoms. The van der Waals surface area contributed by atoms with Gasteiger partial charge in [0.25, 0.3) is 5.91 Å². The maximum atomic E-state index is 12.6. The second-order valence-electron chi connectivity index (χ2n) is 5.85. The van der Waals surface area contributed by atoms with Crippen molar-refractivity contribution in [3.63, 3.8) is 0 Å². The van der Waals surface area contributed by atoms with E-state index in [-0.39, 0.29) is 23.7 Å². The molecular formula is C18H23N3O4. The number of methoxy groups -OCH3 is 2. The van der Waals surface area contributed by atoms with Gasteiger partial charge in [-0.1, -0.05) is 0 Å². The van der Waals surface area contributed by atoms with Crippen LogP contribution in [0.1, 0.15) is 13.8 Å². The quantitative estimate of drug-likeness (QED) is 0.650. The van der Waals surface area contributed by atoms with Gasteiger partial charge in [0.05, 0.1) is 32.1 Å². The molecule has 7 nitrogen and oxygen atoms in total. The number of rotatable bonds is 5. The zero-order valence-corrected chi connectivity index (χ0v) is 14.9. The number of benzene rings is 1. The van der Waals surface area contributed by atoms with Gasteiger partial charge in [-0.15, -0.1) is 0 Å². The molecule has 25 heavy (non-hydrogen) atoms. The van der Waals surface area contributed by atoms with Gasteiger partial charge in [-0.05, 0) is 26.0 Å². The molecule has 2 rings (SSSR count). The third kappa shape index (κ3) is 4.64. The SMILES string of the molecule is COc1ccc(N/C=C(/C#N)C(=O)N2CC(C)OC(C)C2)c(OC)c1. The Morgan fingerprint density at radius 1 is 1.32 bits per heavy atom. The number of nitrogens with zero attached hydrogens (tertiary/aromatic N) is 2. The number of nitriles is 1. The van der Waals surface area contributed by atoms with Crippen LogP contribution < -0.4 is 14.8 Å². The van der Waals surface area contributed by atoms with Gasteiger partial charge in [0.2, 0.25) is 0 Å². The third-order valence-electron chi connectivity index (χ3n) is 3.84. The Morgan fingerprint density at radius 2 is 2.00 bits per heavy atom. The summed E-state index contributed by atoms with van der Waals surface area (Å²) in [6, 6.07) is 7.20. The molecule has 0 radical (unpaired) electrons.